The Bertz CT molecular complexity index is 1270. The van der Waals surface area contributed by atoms with E-state index in [0.717, 1.165) is 31.3 Å². The van der Waals surface area contributed by atoms with Gasteiger partial charge in [-0.25, -0.2) is 14.0 Å². The molecule has 1 aliphatic rings. The Morgan fingerprint density at radius 2 is 1.50 bits per heavy atom. The molecule has 188 valence electrons. The van der Waals surface area contributed by atoms with Gasteiger partial charge in [0.05, 0.1) is 58.7 Å². The van der Waals surface area contributed by atoms with Gasteiger partial charge < -0.3 is 29.4 Å². The highest BCUT2D eigenvalue weighted by atomic mass is 19.1. The number of allylic oxidation sites excluding steroid dienone is 1. The van der Waals surface area contributed by atoms with E-state index in [0.29, 0.717) is 5.56 Å². The quantitative estimate of drug-likeness (QED) is 0.569. The number of carbonyl (C=O) groups is 2. The lowest BCUT2D eigenvalue weighted by Gasteiger charge is -2.36. The zero-order valence-corrected chi connectivity index (χ0v) is 20.2. The highest BCUT2D eigenvalue weighted by Gasteiger charge is 2.43. The van der Waals surface area contributed by atoms with Crippen LogP contribution in [0.25, 0.3) is 0 Å². The minimum Gasteiger partial charge on any atom is -0.493 e. The Labute approximate surface area is 206 Å². The van der Waals surface area contributed by atoms with Crippen LogP contribution in [-0.2, 0) is 19.1 Å². The van der Waals surface area contributed by atoms with E-state index in [-0.39, 0.29) is 45.6 Å². The Morgan fingerprint density at radius 3 is 1.94 bits per heavy atom. The van der Waals surface area contributed by atoms with Crippen LogP contribution in [0, 0.1) is 17.1 Å². The summed E-state index contributed by atoms with van der Waals surface area (Å²) in [7, 11) is 6.50. The second kappa shape index (κ2) is 10.7. The number of ether oxygens (including phenoxy) is 5. The average Bonchev–Trinajstić information content (AvgIpc) is 2.90. The van der Waals surface area contributed by atoms with Gasteiger partial charge in [0.2, 0.25) is 5.75 Å². The largest absolute Gasteiger partial charge is 0.493 e. The lowest BCUT2D eigenvalue weighted by atomic mass is 9.80. The normalized spacial score (nSPS) is 15.2. The van der Waals surface area contributed by atoms with Gasteiger partial charge in [-0.05, 0) is 42.0 Å². The van der Waals surface area contributed by atoms with Gasteiger partial charge >= 0.3 is 11.9 Å². The maximum Gasteiger partial charge on any atom is 0.355 e. The smallest absolute Gasteiger partial charge is 0.355 e. The maximum atomic E-state index is 13.6. The fourth-order valence-corrected chi connectivity index (χ4v) is 3.99. The fraction of sp³-hybridized carbons (Fsp3) is 0.240. The highest BCUT2D eigenvalue weighted by molar-refractivity contribution is 6.06. The number of methoxy groups -OCH3 is 5. The standard InChI is InChI=1S/C25H24FN3O7/c1-32-17-10-13(11-18(33-2)22(17)34-3)19-16(12-27)23(28)29(15-8-6-14(26)7-9-15)21(25(31)36-5)20(19)24(30)35-4/h6-11,19H,28H2,1-5H3/t19-/m0/s1. The van der Waals surface area contributed by atoms with Gasteiger partial charge in [-0.1, -0.05) is 0 Å². The van der Waals surface area contributed by atoms with Gasteiger partial charge in [0.1, 0.15) is 17.3 Å². The third-order valence-corrected chi connectivity index (χ3v) is 5.58. The minimum atomic E-state index is -1.18. The molecule has 0 radical (unpaired) electrons. The van der Waals surface area contributed by atoms with Crippen molar-refractivity contribution in [3.8, 4) is 23.3 Å². The Hall–Kier alpha value is -4.72. The van der Waals surface area contributed by atoms with Gasteiger partial charge in [-0.3, -0.25) is 4.90 Å². The van der Waals surface area contributed by atoms with Crippen molar-refractivity contribution >= 4 is 17.6 Å². The number of carbonyl (C=O) groups excluding carboxylic acids is 2. The number of nitrogens with two attached hydrogens (primary N) is 1. The third kappa shape index (κ3) is 4.36. The lowest BCUT2D eigenvalue weighted by molar-refractivity contribution is -0.139. The Morgan fingerprint density at radius 1 is 0.944 bits per heavy atom. The number of benzene rings is 2. The molecular formula is C25H24FN3O7. The van der Waals surface area contributed by atoms with Gasteiger partial charge in [0, 0.05) is 5.69 Å². The summed E-state index contributed by atoms with van der Waals surface area (Å²) in [6, 6.07) is 10.1. The minimum absolute atomic E-state index is 0.0818. The summed E-state index contributed by atoms with van der Waals surface area (Å²) in [6.07, 6.45) is 0. The molecule has 0 bridgehead atoms. The number of hydrogen-bond donors (Lipinski definition) is 1. The molecule has 2 aromatic rings. The second-order valence-corrected chi connectivity index (χ2v) is 7.36. The van der Waals surface area contributed by atoms with Crippen molar-refractivity contribution in [1.29, 1.82) is 5.26 Å². The lowest BCUT2D eigenvalue weighted by Crippen LogP contribution is -2.40. The first-order valence-corrected chi connectivity index (χ1v) is 10.4. The van der Waals surface area contributed by atoms with E-state index in [4.69, 9.17) is 29.4 Å². The van der Waals surface area contributed by atoms with Crippen molar-refractivity contribution in [3.05, 3.63) is 70.4 Å². The number of nitriles is 1. The predicted molar refractivity (Wildman–Crippen MR) is 126 cm³/mol. The molecule has 2 N–H and O–H groups in total. The van der Waals surface area contributed by atoms with Gasteiger partial charge in [-0.15, -0.1) is 0 Å². The number of rotatable bonds is 7. The second-order valence-electron chi connectivity index (χ2n) is 7.36. The van der Waals surface area contributed by atoms with Gasteiger partial charge in [0.15, 0.2) is 11.5 Å². The van der Waals surface area contributed by atoms with E-state index in [2.05, 4.69) is 0 Å². The SMILES string of the molecule is COC(=O)C1=C(C(=O)OC)N(c2ccc(F)cc2)C(N)=C(C#N)[C@@H]1c1cc(OC)c(OC)c(OC)c1. The number of hydrogen-bond acceptors (Lipinski definition) is 10. The summed E-state index contributed by atoms with van der Waals surface area (Å²) < 4.78 is 39.8. The van der Waals surface area contributed by atoms with Gasteiger partial charge in [0.25, 0.3) is 0 Å². The molecule has 0 aliphatic carbocycles. The molecule has 0 fully saturated rings. The average molecular weight is 497 g/mol. The van der Waals surface area contributed by atoms with Crippen LogP contribution in [0.3, 0.4) is 0 Å². The molecule has 0 amide bonds. The zero-order valence-electron chi connectivity index (χ0n) is 20.2. The van der Waals surface area contributed by atoms with Crippen LogP contribution in [0.4, 0.5) is 10.1 Å². The maximum absolute atomic E-state index is 13.6. The molecule has 0 saturated heterocycles. The van der Waals surface area contributed by atoms with Crippen LogP contribution in [0.1, 0.15) is 11.5 Å². The number of esters is 2. The molecule has 1 heterocycles. The van der Waals surface area contributed by atoms with Crippen molar-refractivity contribution in [2.45, 2.75) is 5.92 Å². The first kappa shape index (κ1) is 25.9. The zero-order chi connectivity index (χ0) is 26.6. The molecule has 0 spiro atoms. The molecule has 36 heavy (non-hydrogen) atoms. The molecule has 0 saturated carbocycles. The van der Waals surface area contributed by atoms with E-state index in [9.17, 15) is 19.2 Å². The van der Waals surface area contributed by atoms with Crippen molar-refractivity contribution in [2.75, 3.05) is 40.4 Å². The van der Waals surface area contributed by atoms with Crippen LogP contribution >= 0.6 is 0 Å². The topological polar surface area (TPSA) is 133 Å². The predicted octanol–water partition coefficient (Wildman–Crippen LogP) is 2.75. The van der Waals surface area contributed by atoms with Crippen LogP contribution in [-0.4, -0.2) is 47.5 Å². The van der Waals surface area contributed by atoms with E-state index in [1.165, 1.54) is 45.6 Å². The first-order valence-electron chi connectivity index (χ1n) is 10.4. The van der Waals surface area contributed by atoms with Crippen molar-refractivity contribution < 1.29 is 37.7 Å². The molecule has 1 aliphatic heterocycles. The number of halogens is 1. The number of nitrogens with zero attached hydrogens (tertiary/aromatic N) is 2. The summed E-state index contributed by atoms with van der Waals surface area (Å²) in [6.45, 7) is 0. The van der Waals surface area contributed by atoms with Crippen molar-refractivity contribution in [3.63, 3.8) is 0 Å². The van der Waals surface area contributed by atoms with Crippen LogP contribution in [0.2, 0.25) is 0 Å². The van der Waals surface area contributed by atoms with E-state index < -0.39 is 23.7 Å². The van der Waals surface area contributed by atoms with Crippen LogP contribution < -0.4 is 24.8 Å². The van der Waals surface area contributed by atoms with E-state index in [1.54, 1.807) is 0 Å². The molecule has 10 nitrogen and oxygen atoms in total. The monoisotopic (exact) mass is 497 g/mol. The Balaban J connectivity index is 2.45. The summed E-state index contributed by atoms with van der Waals surface area (Å²) in [5, 5.41) is 10.2. The molecule has 11 heteroatoms. The fourth-order valence-electron chi connectivity index (χ4n) is 3.99. The molecule has 3 rings (SSSR count). The van der Waals surface area contributed by atoms with Crippen LogP contribution in [0.15, 0.2) is 59.1 Å². The van der Waals surface area contributed by atoms with Crippen LogP contribution in [0.5, 0.6) is 17.2 Å². The summed E-state index contributed by atoms with van der Waals surface area (Å²) in [5.41, 5.74) is 6.35. The van der Waals surface area contributed by atoms with E-state index in [1.807, 2.05) is 6.07 Å². The molecule has 0 aromatic heterocycles. The van der Waals surface area contributed by atoms with E-state index >= 15 is 0 Å². The number of anilines is 1. The highest BCUT2D eigenvalue weighted by Crippen LogP contribution is 2.47. The summed E-state index contributed by atoms with van der Waals surface area (Å²) in [4.78, 5) is 27.4. The summed E-state index contributed by atoms with van der Waals surface area (Å²) in [5.74, 6) is -2.97. The van der Waals surface area contributed by atoms with Crippen molar-refractivity contribution in [2.24, 2.45) is 5.73 Å². The van der Waals surface area contributed by atoms with Gasteiger partial charge in [-0.2, -0.15) is 5.26 Å². The molecule has 1 atom stereocenters. The summed E-state index contributed by atoms with van der Waals surface area (Å²) >= 11 is 0. The molecule has 0 unspecified atom stereocenters. The molecular weight excluding hydrogens is 473 g/mol. The Kier molecular flexibility index (Phi) is 7.69. The van der Waals surface area contributed by atoms with Crippen molar-refractivity contribution in [1.82, 2.24) is 0 Å². The third-order valence-electron chi connectivity index (χ3n) is 5.58. The molecule has 2 aromatic carbocycles. The first-order chi connectivity index (χ1) is 17.3.